The Kier molecular flexibility index (Phi) is 4.81. The molecule has 0 spiro atoms. The molecule has 20 heavy (non-hydrogen) atoms. The molecule has 5 nitrogen and oxygen atoms in total. The highest BCUT2D eigenvalue weighted by Gasteiger charge is 2.28. The van der Waals surface area contributed by atoms with Crippen molar-refractivity contribution in [2.24, 2.45) is 7.05 Å². The van der Waals surface area contributed by atoms with Gasteiger partial charge >= 0.3 is 0 Å². The SMILES string of the molecule is Cc1cc(C(=O)N2CCCCCC2CC(C)O)n(C)n1. The van der Waals surface area contributed by atoms with Gasteiger partial charge in [0.25, 0.3) is 5.91 Å². The monoisotopic (exact) mass is 279 g/mol. The molecular weight excluding hydrogens is 254 g/mol. The summed E-state index contributed by atoms with van der Waals surface area (Å²) in [4.78, 5) is 14.7. The van der Waals surface area contributed by atoms with Crippen molar-refractivity contribution in [1.29, 1.82) is 0 Å². The van der Waals surface area contributed by atoms with Crippen molar-refractivity contribution in [1.82, 2.24) is 14.7 Å². The molecule has 0 saturated carbocycles. The molecule has 112 valence electrons. The third-order valence-corrected chi connectivity index (χ3v) is 3.97. The van der Waals surface area contributed by atoms with Gasteiger partial charge in [0.1, 0.15) is 5.69 Å². The fourth-order valence-corrected chi connectivity index (χ4v) is 3.04. The Morgan fingerprint density at radius 2 is 2.25 bits per heavy atom. The van der Waals surface area contributed by atoms with Crippen molar-refractivity contribution in [2.75, 3.05) is 6.54 Å². The van der Waals surface area contributed by atoms with Gasteiger partial charge in [-0.05, 0) is 39.2 Å². The average Bonchev–Trinajstić information content (AvgIpc) is 2.58. The number of aromatic nitrogens is 2. The second kappa shape index (κ2) is 6.39. The van der Waals surface area contributed by atoms with Crippen molar-refractivity contribution in [3.63, 3.8) is 0 Å². The van der Waals surface area contributed by atoms with Crippen LogP contribution < -0.4 is 0 Å². The average molecular weight is 279 g/mol. The third kappa shape index (κ3) is 3.39. The van der Waals surface area contributed by atoms with Crippen LogP contribution in [-0.2, 0) is 7.05 Å². The standard InChI is InChI=1S/C15H25N3O2/c1-11-9-14(17(3)16-11)15(20)18-8-6-4-5-7-13(18)10-12(2)19/h9,12-13,19H,4-8,10H2,1-3H3. The van der Waals surface area contributed by atoms with E-state index in [4.69, 9.17) is 0 Å². The van der Waals surface area contributed by atoms with Gasteiger partial charge in [0, 0.05) is 19.6 Å². The smallest absolute Gasteiger partial charge is 0.272 e. The zero-order valence-corrected chi connectivity index (χ0v) is 12.7. The van der Waals surface area contributed by atoms with Gasteiger partial charge in [-0.25, -0.2) is 0 Å². The number of rotatable bonds is 3. The van der Waals surface area contributed by atoms with Gasteiger partial charge in [-0.15, -0.1) is 0 Å². The molecule has 2 rings (SSSR count). The zero-order chi connectivity index (χ0) is 14.7. The minimum absolute atomic E-state index is 0.0423. The zero-order valence-electron chi connectivity index (χ0n) is 12.7. The van der Waals surface area contributed by atoms with E-state index in [0.717, 1.165) is 37.9 Å². The number of carbonyl (C=O) groups is 1. The van der Waals surface area contributed by atoms with Gasteiger partial charge in [-0.3, -0.25) is 9.48 Å². The Bertz CT molecular complexity index is 468. The maximum absolute atomic E-state index is 12.8. The number of aliphatic hydroxyl groups is 1. The summed E-state index contributed by atoms with van der Waals surface area (Å²) < 4.78 is 1.65. The lowest BCUT2D eigenvalue weighted by atomic mass is 10.0. The van der Waals surface area contributed by atoms with E-state index in [1.54, 1.807) is 11.6 Å². The number of carbonyl (C=O) groups excluding carboxylic acids is 1. The number of hydrogen-bond acceptors (Lipinski definition) is 3. The highest BCUT2D eigenvalue weighted by atomic mass is 16.3. The molecule has 0 radical (unpaired) electrons. The van der Waals surface area contributed by atoms with Gasteiger partial charge in [0.05, 0.1) is 11.8 Å². The Hall–Kier alpha value is -1.36. The predicted molar refractivity (Wildman–Crippen MR) is 77.5 cm³/mol. The fraction of sp³-hybridized carbons (Fsp3) is 0.733. The van der Waals surface area contributed by atoms with Crippen LogP contribution in [0, 0.1) is 6.92 Å². The molecule has 0 aliphatic carbocycles. The summed E-state index contributed by atoms with van der Waals surface area (Å²) in [5, 5.41) is 13.9. The molecular formula is C15H25N3O2. The molecule has 1 amide bonds. The summed E-state index contributed by atoms with van der Waals surface area (Å²) in [5.41, 5.74) is 1.50. The molecule has 1 aromatic rings. The number of likely N-dealkylation sites (tertiary alicyclic amines) is 1. The van der Waals surface area contributed by atoms with Gasteiger partial charge in [0.2, 0.25) is 0 Å². The van der Waals surface area contributed by atoms with E-state index in [9.17, 15) is 9.90 Å². The number of nitrogens with zero attached hydrogens (tertiary/aromatic N) is 3. The van der Waals surface area contributed by atoms with E-state index >= 15 is 0 Å². The first kappa shape index (κ1) is 15.0. The van der Waals surface area contributed by atoms with Crippen molar-refractivity contribution >= 4 is 5.91 Å². The molecule has 1 fully saturated rings. The van der Waals surface area contributed by atoms with Crippen molar-refractivity contribution < 1.29 is 9.90 Å². The molecule has 0 aromatic carbocycles. The molecule has 5 heteroatoms. The van der Waals surface area contributed by atoms with Crippen LogP contribution in [-0.4, -0.2) is 44.4 Å². The molecule has 2 atom stereocenters. The summed E-state index contributed by atoms with van der Waals surface area (Å²) >= 11 is 0. The minimum Gasteiger partial charge on any atom is -0.393 e. The summed E-state index contributed by atoms with van der Waals surface area (Å²) in [5.74, 6) is 0.0423. The van der Waals surface area contributed by atoms with E-state index in [0.29, 0.717) is 12.1 Å². The predicted octanol–water partition coefficient (Wildman–Crippen LogP) is 1.88. The van der Waals surface area contributed by atoms with E-state index < -0.39 is 0 Å². The Balaban J connectivity index is 2.21. The highest BCUT2D eigenvalue weighted by Crippen LogP contribution is 2.22. The molecule has 1 aliphatic heterocycles. The molecule has 2 unspecified atom stereocenters. The topological polar surface area (TPSA) is 58.4 Å². The van der Waals surface area contributed by atoms with Gasteiger partial charge in [0.15, 0.2) is 0 Å². The fourth-order valence-electron chi connectivity index (χ4n) is 3.04. The van der Waals surface area contributed by atoms with E-state index in [1.165, 1.54) is 0 Å². The number of aryl methyl sites for hydroxylation is 2. The van der Waals surface area contributed by atoms with Gasteiger partial charge < -0.3 is 10.0 Å². The Morgan fingerprint density at radius 3 is 2.85 bits per heavy atom. The van der Waals surface area contributed by atoms with E-state index in [-0.39, 0.29) is 18.1 Å². The van der Waals surface area contributed by atoms with Crippen LogP contribution in [0.15, 0.2) is 6.07 Å². The largest absolute Gasteiger partial charge is 0.393 e. The molecule has 0 bridgehead atoms. The van der Waals surface area contributed by atoms with Crippen molar-refractivity contribution in [3.05, 3.63) is 17.5 Å². The Morgan fingerprint density at radius 1 is 1.50 bits per heavy atom. The second-order valence-electron chi connectivity index (χ2n) is 5.88. The van der Waals surface area contributed by atoms with Gasteiger partial charge in [-0.1, -0.05) is 12.8 Å². The summed E-state index contributed by atoms with van der Waals surface area (Å²) in [6.07, 6.45) is 4.59. The summed E-state index contributed by atoms with van der Waals surface area (Å²) in [6, 6.07) is 1.98. The lowest BCUT2D eigenvalue weighted by molar-refractivity contribution is 0.0596. The number of amides is 1. The highest BCUT2D eigenvalue weighted by molar-refractivity contribution is 5.93. The van der Waals surface area contributed by atoms with E-state index in [1.807, 2.05) is 24.9 Å². The summed E-state index contributed by atoms with van der Waals surface area (Å²) in [6.45, 7) is 4.47. The van der Waals surface area contributed by atoms with Crippen LogP contribution in [0.3, 0.4) is 0 Å². The lowest BCUT2D eigenvalue weighted by Gasteiger charge is -2.31. The molecule has 1 saturated heterocycles. The maximum atomic E-state index is 12.8. The van der Waals surface area contributed by atoms with Crippen LogP contribution in [0.1, 0.15) is 55.2 Å². The lowest BCUT2D eigenvalue weighted by Crippen LogP contribution is -2.42. The number of aliphatic hydroxyl groups excluding tert-OH is 1. The maximum Gasteiger partial charge on any atom is 0.272 e. The molecule has 1 N–H and O–H groups in total. The van der Waals surface area contributed by atoms with Crippen LogP contribution in [0.25, 0.3) is 0 Å². The van der Waals surface area contributed by atoms with Gasteiger partial charge in [-0.2, -0.15) is 5.10 Å². The number of hydrogen-bond donors (Lipinski definition) is 1. The first-order chi connectivity index (χ1) is 9.49. The van der Waals surface area contributed by atoms with Crippen LogP contribution >= 0.6 is 0 Å². The second-order valence-corrected chi connectivity index (χ2v) is 5.88. The van der Waals surface area contributed by atoms with Crippen molar-refractivity contribution in [3.8, 4) is 0 Å². The van der Waals surface area contributed by atoms with Crippen LogP contribution in [0.5, 0.6) is 0 Å². The Labute approximate surface area is 120 Å². The molecule has 1 aromatic heterocycles. The third-order valence-electron chi connectivity index (χ3n) is 3.97. The first-order valence-corrected chi connectivity index (χ1v) is 7.48. The van der Waals surface area contributed by atoms with Crippen LogP contribution in [0.4, 0.5) is 0 Å². The first-order valence-electron chi connectivity index (χ1n) is 7.48. The van der Waals surface area contributed by atoms with E-state index in [2.05, 4.69) is 5.10 Å². The minimum atomic E-state index is -0.373. The summed E-state index contributed by atoms with van der Waals surface area (Å²) in [7, 11) is 1.81. The van der Waals surface area contributed by atoms with Crippen LogP contribution in [0.2, 0.25) is 0 Å². The normalized spacial score (nSPS) is 21.6. The molecule has 2 heterocycles. The quantitative estimate of drug-likeness (QED) is 0.919. The molecule has 1 aliphatic rings. The van der Waals surface area contributed by atoms with Crippen molar-refractivity contribution in [2.45, 2.75) is 58.1 Å².